The fourth-order valence-corrected chi connectivity index (χ4v) is 1.90. The SMILES string of the molecule is CC1OCCC1(C)Nc1cccnc1C#N. The molecule has 2 unspecified atom stereocenters. The molecule has 1 aliphatic rings. The number of nitrogens with zero attached hydrogens (tertiary/aromatic N) is 2. The molecule has 2 atom stereocenters. The molecule has 0 saturated carbocycles. The molecule has 1 aromatic heterocycles. The lowest BCUT2D eigenvalue weighted by atomic mass is 9.94. The lowest BCUT2D eigenvalue weighted by Gasteiger charge is -2.30. The zero-order valence-corrected chi connectivity index (χ0v) is 9.53. The summed E-state index contributed by atoms with van der Waals surface area (Å²) in [6.07, 6.45) is 2.70. The zero-order chi connectivity index (χ0) is 11.6. The fraction of sp³-hybridized carbons (Fsp3) is 0.500. The van der Waals surface area contributed by atoms with Crippen LogP contribution in [0.5, 0.6) is 0 Å². The van der Waals surface area contributed by atoms with Crippen molar-refractivity contribution in [2.45, 2.75) is 31.9 Å². The highest BCUT2D eigenvalue weighted by atomic mass is 16.5. The molecule has 0 bridgehead atoms. The molecule has 0 amide bonds. The minimum atomic E-state index is -0.116. The van der Waals surface area contributed by atoms with Gasteiger partial charge in [0, 0.05) is 12.8 Å². The second-order valence-corrected chi connectivity index (χ2v) is 4.32. The monoisotopic (exact) mass is 217 g/mol. The van der Waals surface area contributed by atoms with Crippen molar-refractivity contribution < 1.29 is 4.74 Å². The van der Waals surface area contributed by atoms with E-state index in [-0.39, 0.29) is 11.6 Å². The van der Waals surface area contributed by atoms with Crippen molar-refractivity contribution in [3.8, 4) is 6.07 Å². The Morgan fingerprint density at radius 1 is 1.69 bits per heavy atom. The zero-order valence-electron chi connectivity index (χ0n) is 9.53. The van der Waals surface area contributed by atoms with Crippen LogP contribution in [0, 0.1) is 11.3 Å². The largest absolute Gasteiger partial charge is 0.376 e. The topological polar surface area (TPSA) is 57.9 Å². The first-order valence-electron chi connectivity index (χ1n) is 5.40. The molecule has 0 aromatic carbocycles. The Labute approximate surface area is 95.3 Å². The van der Waals surface area contributed by atoms with Gasteiger partial charge in [-0.1, -0.05) is 0 Å². The van der Waals surface area contributed by atoms with Crippen molar-refractivity contribution in [2.75, 3.05) is 11.9 Å². The summed E-state index contributed by atoms with van der Waals surface area (Å²) in [7, 11) is 0. The number of hydrogen-bond donors (Lipinski definition) is 1. The molecule has 2 rings (SSSR count). The third-order valence-electron chi connectivity index (χ3n) is 3.22. The van der Waals surface area contributed by atoms with Gasteiger partial charge < -0.3 is 10.1 Å². The van der Waals surface area contributed by atoms with Crippen LogP contribution in [0.1, 0.15) is 26.0 Å². The Morgan fingerprint density at radius 2 is 2.50 bits per heavy atom. The van der Waals surface area contributed by atoms with E-state index in [2.05, 4.69) is 23.3 Å². The molecule has 4 heteroatoms. The van der Waals surface area contributed by atoms with E-state index in [0.29, 0.717) is 5.69 Å². The molecule has 16 heavy (non-hydrogen) atoms. The van der Waals surface area contributed by atoms with Gasteiger partial charge in [0.1, 0.15) is 6.07 Å². The maximum absolute atomic E-state index is 8.96. The fourth-order valence-electron chi connectivity index (χ4n) is 1.90. The number of hydrogen-bond acceptors (Lipinski definition) is 4. The highest BCUT2D eigenvalue weighted by molar-refractivity contribution is 5.55. The number of anilines is 1. The molecular weight excluding hydrogens is 202 g/mol. The van der Waals surface area contributed by atoms with E-state index in [9.17, 15) is 0 Å². The number of rotatable bonds is 2. The standard InChI is InChI=1S/C12H15N3O/c1-9-12(2,5-7-16-9)15-10-4-3-6-14-11(10)8-13/h3-4,6,9,15H,5,7H2,1-2H3. The second-order valence-electron chi connectivity index (χ2n) is 4.32. The molecule has 1 saturated heterocycles. The van der Waals surface area contributed by atoms with Crippen LogP contribution in [-0.4, -0.2) is 23.2 Å². The first kappa shape index (κ1) is 10.9. The molecule has 0 aliphatic carbocycles. The number of nitriles is 1. The number of aromatic nitrogens is 1. The maximum atomic E-state index is 8.96. The first-order valence-corrected chi connectivity index (χ1v) is 5.40. The average Bonchev–Trinajstić information content (AvgIpc) is 2.60. The van der Waals surface area contributed by atoms with Crippen LogP contribution in [0.2, 0.25) is 0 Å². The van der Waals surface area contributed by atoms with E-state index in [1.54, 1.807) is 6.20 Å². The molecule has 0 radical (unpaired) electrons. The number of ether oxygens (including phenoxy) is 1. The van der Waals surface area contributed by atoms with Gasteiger partial charge in [-0.05, 0) is 32.4 Å². The van der Waals surface area contributed by atoms with Crippen molar-refractivity contribution in [3.63, 3.8) is 0 Å². The highest BCUT2D eigenvalue weighted by Gasteiger charge is 2.37. The minimum Gasteiger partial charge on any atom is -0.376 e. The van der Waals surface area contributed by atoms with Gasteiger partial charge in [-0.3, -0.25) is 0 Å². The van der Waals surface area contributed by atoms with Crippen LogP contribution in [0.4, 0.5) is 5.69 Å². The van der Waals surface area contributed by atoms with Gasteiger partial charge in [0.05, 0.1) is 17.3 Å². The lowest BCUT2D eigenvalue weighted by Crippen LogP contribution is -2.41. The lowest BCUT2D eigenvalue weighted by molar-refractivity contribution is 0.105. The van der Waals surface area contributed by atoms with Gasteiger partial charge in [0.2, 0.25) is 0 Å². The van der Waals surface area contributed by atoms with E-state index in [4.69, 9.17) is 10.00 Å². The molecular formula is C12H15N3O. The van der Waals surface area contributed by atoms with E-state index in [0.717, 1.165) is 18.7 Å². The maximum Gasteiger partial charge on any atom is 0.163 e. The Morgan fingerprint density at radius 3 is 3.12 bits per heavy atom. The van der Waals surface area contributed by atoms with Crippen LogP contribution >= 0.6 is 0 Å². The van der Waals surface area contributed by atoms with Crippen molar-refractivity contribution >= 4 is 5.69 Å². The van der Waals surface area contributed by atoms with Gasteiger partial charge in [-0.2, -0.15) is 5.26 Å². The Kier molecular flexibility index (Phi) is 2.80. The first-order chi connectivity index (χ1) is 7.65. The highest BCUT2D eigenvalue weighted by Crippen LogP contribution is 2.30. The van der Waals surface area contributed by atoms with Crippen LogP contribution in [0.15, 0.2) is 18.3 Å². The van der Waals surface area contributed by atoms with E-state index in [1.165, 1.54) is 0 Å². The van der Waals surface area contributed by atoms with Gasteiger partial charge in [0.15, 0.2) is 5.69 Å². The molecule has 1 N–H and O–H groups in total. The Balaban J connectivity index is 2.24. The average molecular weight is 217 g/mol. The second kappa shape index (κ2) is 4.11. The summed E-state index contributed by atoms with van der Waals surface area (Å²) in [5.74, 6) is 0. The van der Waals surface area contributed by atoms with Crippen molar-refractivity contribution in [1.29, 1.82) is 5.26 Å². The third-order valence-corrected chi connectivity index (χ3v) is 3.22. The number of pyridine rings is 1. The summed E-state index contributed by atoms with van der Waals surface area (Å²) in [6, 6.07) is 5.79. The van der Waals surface area contributed by atoms with Crippen molar-refractivity contribution in [2.24, 2.45) is 0 Å². The predicted molar refractivity (Wildman–Crippen MR) is 61.0 cm³/mol. The van der Waals surface area contributed by atoms with Gasteiger partial charge in [-0.15, -0.1) is 0 Å². The van der Waals surface area contributed by atoms with E-state index >= 15 is 0 Å². The summed E-state index contributed by atoms with van der Waals surface area (Å²) in [5.41, 5.74) is 1.10. The minimum absolute atomic E-state index is 0.116. The summed E-state index contributed by atoms with van der Waals surface area (Å²) in [5, 5.41) is 12.3. The quantitative estimate of drug-likeness (QED) is 0.822. The molecule has 2 heterocycles. The smallest absolute Gasteiger partial charge is 0.163 e. The van der Waals surface area contributed by atoms with Gasteiger partial charge >= 0.3 is 0 Å². The Bertz CT molecular complexity index is 427. The molecule has 1 fully saturated rings. The summed E-state index contributed by atoms with van der Waals surface area (Å²) < 4.78 is 5.55. The Hall–Kier alpha value is -1.60. The third kappa shape index (κ3) is 1.86. The molecule has 0 spiro atoms. The van der Waals surface area contributed by atoms with Gasteiger partial charge in [-0.25, -0.2) is 4.98 Å². The van der Waals surface area contributed by atoms with Crippen molar-refractivity contribution in [3.05, 3.63) is 24.0 Å². The van der Waals surface area contributed by atoms with Gasteiger partial charge in [0.25, 0.3) is 0 Å². The molecule has 1 aliphatic heterocycles. The van der Waals surface area contributed by atoms with E-state index < -0.39 is 0 Å². The summed E-state index contributed by atoms with van der Waals surface area (Å²) in [4.78, 5) is 4.03. The number of nitrogens with one attached hydrogen (secondary N) is 1. The molecule has 1 aromatic rings. The van der Waals surface area contributed by atoms with Crippen LogP contribution in [-0.2, 0) is 4.74 Å². The molecule has 4 nitrogen and oxygen atoms in total. The van der Waals surface area contributed by atoms with Crippen LogP contribution in [0.3, 0.4) is 0 Å². The van der Waals surface area contributed by atoms with Crippen LogP contribution < -0.4 is 5.32 Å². The van der Waals surface area contributed by atoms with Crippen LogP contribution in [0.25, 0.3) is 0 Å². The molecule has 84 valence electrons. The van der Waals surface area contributed by atoms with Crippen molar-refractivity contribution in [1.82, 2.24) is 4.98 Å². The predicted octanol–water partition coefficient (Wildman–Crippen LogP) is 1.93. The summed E-state index contributed by atoms with van der Waals surface area (Å²) in [6.45, 7) is 4.91. The summed E-state index contributed by atoms with van der Waals surface area (Å²) >= 11 is 0. The van der Waals surface area contributed by atoms with E-state index in [1.807, 2.05) is 19.1 Å². The normalized spacial score (nSPS) is 28.7.